The Labute approximate surface area is 108 Å². The van der Waals surface area contributed by atoms with Crippen LogP contribution in [0.15, 0.2) is 4.79 Å². The van der Waals surface area contributed by atoms with Crippen LogP contribution in [-0.2, 0) is 14.1 Å². The molecule has 1 aromatic heterocycles. The van der Waals surface area contributed by atoms with Crippen LogP contribution < -0.4 is 15.2 Å². The summed E-state index contributed by atoms with van der Waals surface area (Å²) >= 11 is 0. The molecule has 0 aliphatic carbocycles. The number of hydrogen-bond donors (Lipinski definition) is 0. The second-order valence-electron chi connectivity index (χ2n) is 4.41. The summed E-state index contributed by atoms with van der Waals surface area (Å²) in [6, 6.07) is 0. The van der Waals surface area contributed by atoms with Crippen molar-refractivity contribution in [2.24, 2.45) is 14.1 Å². The first-order valence-corrected chi connectivity index (χ1v) is 6.64. The Morgan fingerprint density at radius 1 is 0.889 bits per heavy atom. The molecule has 0 aliphatic heterocycles. The Kier molecular flexibility index (Phi) is 5.82. The Bertz CT molecular complexity index is 384. The number of ether oxygens (including phenoxy) is 2. The van der Waals surface area contributed by atoms with Crippen LogP contribution in [0.5, 0.6) is 11.8 Å². The van der Waals surface area contributed by atoms with Crippen LogP contribution in [0, 0.1) is 0 Å². The third kappa shape index (κ3) is 3.31. The average molecular weight is 256 g/mol. The van der Waals surface area contributed by atoms with Crippen LogP contribution in [0.4, 0.5) is 0 Å². The monoisotopic (exact) mass is 256 g/mol. The van der Waals surface area contributed by atoms with E-state index in [1.54, 1.807) is 14.1 Å². The fourth-order valence-corrected chi connectivity index (χ4v) is 1.63. The minimum Gasteiger partial charge on any atom is -0.475 e. The van der Waals surface area contributed by atoms with Gasteiger partial charge in [-0.3, -0.25) is 9.13 Å². The highest BCUT2D eigenvalue weighted by Crippen LogP contribution is 2.25. The largest absolute Gasteiger partial charge is 0.475 e. The van der Waals surface area contributed by atoms with E-state index in [4.69, 9.17) is 9.47 Å². The zero-order chi connectivity index (χ0) is 13.5. The maximum Gasteiger partial charge on any atom is 0.333 e. The molecule has 5 nitrogen and oxygen atoms in total. The molecule has 0 radical (unpaired) electrons. The maximum atomic E-state index is 11.8. The molecule has 0 atom stereocenters. The maximum absolute atomic E-state index is 11.8. The molecular formula is C13H24N2O3. The molecule has 0 aromatic carbocycles. The van der Waals surface area contributed by atoms with E-state index in [2.05, 4.69) is 13.8 Å². The lowest BCUT2D eigenvalue weighted by Crippen LogP contribution is -2.20. The summed E-state index contributed by atoms with van der Waals surface area (Å²) in [5.41, 5.74) is -0.118. The topological polar surface area (TPSA) is 45.4 Å². The van der Waals surface area contributed by atoms with Crippen LogP contribution in [0.3, 0.4) is 0 Å². The third-order valence-electron chi connectivity index (χ3n) is 2.84. The lowest BCUT2D eigenvalue weighted by Gasteiger charge is -2.10. The number of rotatable bonds is 8. The van der Waals surface area contributed by atoms with Crippen molar-refractivity contribution < 1.29 is 9.47 Å². The van der Waals surface area contributed by atoms with Crippen molar-refractivity contribution >= 4 is 0 Å². The van der Waals surface area contributed by atoms with Gasteiger partial charge < -0.3 is 9.47 Å². The molecule has 0 aliphatic rings. The zero-order valence-corrected chi connectivity index (χ0v) is 11.9. The van der Waals surface area contributed by atoms with Gasteiger partial charge in [-0.05, 0) is 12.8 Å². The van der Waals surface area contributed by atoms with Gasteiger partial charge in [0.2, 0.25) is 0 Å². The summed E-state index contributed by atoms with van der Waals surface area (Å²) in [6.07, 6.45) is 4.06. The SMILES string of the molecule is CCCCOc1c(OCCCC)n(C)c(=O)n1C. The van der Waals surface area contributed by atoms with E-state index in [-0.39, 0.29) is 5.69 Å². The van der Waals surface area contributed by atoms with Gasteiger partial charge in [0.25, 0.3) is 11.8 Å². The normalized spacial score (nSPS) is 10.7. The summed E-state index contributed by atoms with van der Waals surface area (Å²) < 4.78 is 14.3. The molecular weight excluding hydrogens is 232 g/mol. The molecule has 0 amide bonds. The summed E-state index contributed by atoms with van der Waals surface area (Å²) in [7, 11) is 3.41. The molecule has 0 spiro atoms. The number of hydrogen-bond acceptors (Lipinski definition) is 3. The first kappa shape index (κ1) is 14.7. The Morgan fingerprint density at radius 2 is 1.28 bits per heavy atom. The Balaban J connectivity index is 2.84. The Morgan fingerprint density at radius 3 is 1.61 bits per heavy atom. The third-order valence-corrected chi connectivity index (χ3v) is 2.84. The van der Waals surface area contributed by atoms with Crippen molar-refractivity contribution in [3.8, 4) is 11.8 Å². The van der Waals surface area contributed by atoms with E-state index < -0.39 is 0 Å². The standard InChI is InChI=1S/C13H24N2O3/c1-5-7-9-17-11-12(18-10-8-6-2)15(4)13(16)14(11)3/h5-10H2,1-4H3. The van der Waals surface area contributed by atoms with Gasteiger partial charge in [0, 0.05) is 14.1 Å². The molecule has 1 aromatic rings. The smallest absolute Gasteiger partial charge is 0.333 e. The van der Waals surface area contributed by atoms with Crippen LogP contribution >= 0.6 is 0 Å². The number of nitrogens with zero attached hydrogens (tertiary/aromatic N) is 2. The molecule has 1 heterocycles. The van der Waals surface area contributed by atoms with Gasteiger partial charge in [0.15, 0.2) is 0 Å². The van der Waals surface area contributed by atoms with E-state index >= 15 is 0 Å². The fraction of sp³-hybridized carbons (Fsp3) is 0.769. The first-order valence-electron chi connectivity index (χ1n) is 6.64. The van der Waals surface area contributed by atoms with Crippen LogP contribution in [-0.4, -0.2) is 22.3 Å². The van der Waals surface area contributed by atoms with E-state index in [0.717, 1.165) is 25.7 Å². The molecule has 1 rings (SSSR count). The minimum atomic E-state index is -0.118. The fourth-order valence-electron chi connectivity index (χ4n) is 1.63. The summed E-state index contributed by atoms with van der Waals surface area (Å²) in [6.45, 7) is 5.42. The Hall–Kier alpha value is -1.39. The van der Waals surface area contributed by atoms with Gasteiger partial charge in [-0.1, -0.05) is 26.7 Å². The number of unbranched alkanes of at least 4 members (excludes halogenated alkanes) is 2. The van der Waals surface area contributed by atoms with Crippen LogP contribution in [0.2, 0.25) is 0 Å². The quantitative estimate of drug-likeness (QED) is 0.669. The summed E-state index contributed by atoms with van der Waals surface area (Å²) in [5, 5.41) is 0. The van der Waals surface area contributed by atoms with Crippen molar-refractivity contribution in [2.75, 3.05) is 13.2 Å². The zero-order valence-electron chi connectivity index (χ0n) is 11.9. The van der Waals surface area contributed by atoms with Gasteiger partial charge in [-0.15, -0.1) is 0 Å². The first-order chi connectivity index (χ1) is 8.63. The summed E-state index contributed by atoms with van der Waals surface area (Å²) in [4.78, 5) is 11.8. The van der Waals surface area contributed by atoms with Gasteiger partial charge in [-0.25, -0.2) is 4.79 Å². The average Bonchev–Trinajstić information content (AvgIpc) is 2.56. The van der Waals surface area contributed by atoms with Crippen molar-refractivity contribution in [3.63, 3.8) is 0 Å². The molecule has 0 fully saturated rings. The van der Waals surface area contributed by atoms with E-state index in [1.165, 1.54) is 9.13 Å². The molecule has 0 unspecified atom stereocenters. The van der Waals surface area contributed by atoms with Crippen molar-refractivity contribution in [1.82, 2.24) is 9.13 Å². The van der Waals surface area contributed by atoms with Gasteiger partial charge >= 0.3 is 5.69 Å². The molecule has 0 saturated carbocycles. The van der Waals surface area contributed by atoms with Crippen molar-refractivity contribution in [3.05, 3.63) is 10.5 Å². The van der Waals surface area contributed by atoms with Crippen molar-refractivity contribution in [2.45, 2.75) is 39.5 Å². The van der Waals surface area contributed by atoms with Crippen LogP contribution in [0.1, 0.15) is 39.5 Å². The molecule has 0 saturated heterocycles. The second-order valence-corrected chi connectivity index (χ2v) is 4.41. The predicted octanol–water partition coefficient (Wildman–Crippen LogP) is 2.08. The van der Waals surface area contributed by atoms with E-state index in [9.17, 15) is 4.79 Å². The number of imidazole rings is 1. The van der Waals surface area contributed by atoms with Gasteiger partial charge in [0.1, 0.15) is 0 Å². The highest BCUT2D eigenvalue weighted by Gasteiger charge is 2.18. The number of aromatic nitrogens is 2. The van der Waals surface area contributed by atoms with Crippen molar-refractivity contribution in [1.29, 1.82) is 0 Å². The molecule has 104 valence electrons. The van der Waals surface area contributed by atoms with Crippen LogP contribution in [0.25, 0.3) is 0 Å². The highest BCUT2D eigenvalue weighted by atomic mass is 16.5. The second kappa shape index (κ2) is 7.13. The van der Waals surface area contributed by atoms with Gasteiger partial charge in [-0.2, -0.15) is 0 Å². The molecule has 5 heteroatoms. The van der Waals surface area contributed by atoms with E-state index in [1.807, 2.05) is 0 Å². The minimum absolute atomic E-state index is 0.118. The molecule has 18 heavy (non-hydrogen) atoms. The lowest BCUT2D eigenvalue weighted by molar-refractivity contribution is 0.240. The summed E-state index contributed by atoms with van der Waals surface area (Å²) in [5.74, 6) is 1.07. The van der Waals surface area contributed by atoms with E-state index in [0.29, 0.717) is 25.0 Å². The molecule has 0 bridgehead atoms. The predicted molar refractivity (Wildman–Crippen MR) is 71.5 cm³/mol. The lowest BCUT2D eigenvalue weighted by atomic mass is 10.4. The highest BCUT2D eigenvalue weighted by molar-refractivity contribution is 5.28. The molecule has 0 N–H and O–H groups in total. The van der Waals surface area contributed by atoms with Gasteiger partial charge in [0.05, 0.1) is 13.2 Å².